The molecule has 0 N–H and O–H groups in total. The number of ether oxygens (including phenoxy) is 1. The lowest BCUT2D eigenvalue weighted by molar-refractivity contribution is 0.165. The van der Waals surface area contributed by atoms with Crippen LogP contribution in [0.1, 0.15) is 6.92 Å². The quantitative estimate of drug-likeness (QED) is 0.621. The molecule has 1 aliphatic rings. The minimum atomic E-state index is -0.286. The predicted molar refractivity (Wildman–Crippen MR) is 51.1 cm³/mol. The summed E-state index contributed by atoms with van der Waals surface area (Å²) in [7, 11) is 0. The SMILES string of the molecule is C=C/C=C(\C=C/C)N1CCOC1=O. The highest BCUT2D eigenvalue weighted by atomic mass is 16.6. The van der Waals surface area contributed by atoms with E-state index in [0.29, 0.717) is 13.2 Å². The Balaban J connectivity index is 2.80. The van der Waals surface area contributed by atoms with E-state index in [2.05, 4.69) is 6.58 Å². The van der Waals surface area contributed by atoms with Crippen molar-refractivity contribution in [2.75, 3.05) is 13.2 Å². The molecule has 70 valence electrons. The van der Waals surface area contributed by atoms with Crippen molar-refractivity contribution in [1.82, 2.24) is 4.90 Å². The van der Waals surface area contributed by atoms with Crippen molar-refractivity contribution in [3.63, 3.8) is 0 Å². The lowest BCUT2D eigenvalue weighted by Gasteiger charge is -2.12. The van der Waals surface area contributed by atoms with Gasteiger partial charge < -0.3 is 4.74 Å². The van der Waals surface area contributed by atoms with Crippen LogP contribution in [0.3, 0.4) is 0 Å². The van der Waals surface area contributed by atoms with E-state index in [1.54, 1.807) is 17.1 Å². The summed E-state index contributed by atoms with van der Waals surface area (Å²) in [6, 6.07) is 0. The van der Waals surface area contributed by atoms with Gasteiger partial charge in [-0.15, -0.1) is 0 Å². The third-order valence-electron chi connectivity index (χ3n) is 1.70. The second-order valence-corrected chi connectivity index (χ2v) is 2.59. The van der Waals surface area contributed by atoms with Gasteiger partial charge in [-0.25, -0.2) is 4.79 Å². The van der Waals surface area contributed by atoms with Crippen LogP contribution in [-0.2, 0) is 4.74 Å². The van der Waals surface area contributed by atoms with Gasteiger partial charge in [0.2, 0.25) is 0 Å². The molecule has 0 saturated carbocycles. The Morgan fingerprint density at radius 3 is 2.92 bits per heavy atom. The summed E-state index contributed by atoms with van der Waals surface area (Å²) in [5, 5.41) is 0. The third kappa shape index (κ3) is 2.21. The van der Waals surface area contributed by atoms with E-state index >= 15 is 0 Å². The first-order valence-corrected chi connectivity index (χ1v) is 4.19. The van der Waals surface area contributed by atoms with Crippen LogP contribution < -0.4 is 0 Å². The summed E-state index contributed by atoms with van der Waals surface area (Å²) in [6.07, 6.45) is 6.88. The number of hydrogen-bond acceptors (Lipinski definition) is 2. The minimum Gasteiger partial charge on any atom is -0.447 e. The van der Waals surface area contributed by atoms with Gasteiger partial charge in [0.25, 0.3) is 0 Å². The monoisotopic (exact) mass is 179 g/mol. The zero-order chi connectivity index (χ0) is 9.68. The number of carbonyl (C=O) groups is 1. The number of rotatable bonds is 3. The summed E-state index contributed by atoms with van der Waals surface area (Å²) in [6.45, 7) is 6.57. The van der Waals surface area contributed by atoms with Crippen molar-refractivity contribution in [3.05, 3.63) is 36.6 Å². The van der Waals surface area contributed by atoms with E-state index in [4.69, 9.17) is 4.74 Å². The fourth-order valence-electron chi connectivity index (χ4n) is 1.15. The average molecular weight is 179 g/mol. The molecule has 0 unspecified atom stereocenters. The van der Waals surface area contributed by atoms with Crippen LogP contribution in [0.5, 0.6) is 0 Å². The number of nitrogens with zero attached hydrogens (tertiary/aromatic N) is 1. The van der Waals surface area contributed by atoms with E-state index in [1.165, 1.54) is 0 Å². The molecule has 1 rings (SSSR count). The van der Waals surface area contributed by atoms with Gasteiger partial charge in [-0.1, -0.05) is 18.7 Å². The van der Waals surface area contributed by atoms with Gasteiger partial charge in [0, 0.05) is 5.70 Å². The largest absolute Gasteiger partial charge is 0.447 e. The van der Waals surface area contributed by atoms with Gasteiger partial charge in [0.05, 0.1) is 6.54 Å². The molecule has 0 radical (unpaired) electrons. The summed E-state index contributed by atoms with van der Waals surface area (Å²) >= 11 is 0. The lowest BCUT2D eigenvalue weighted by Crippen LogP contribution is -2.22. The second-order valence-electron chi connectivity index (χ2n) is 2.59. The van der Waals surface area contributed by atoms with Crippen molar-refractivity contribution in [2.24, 2.45) is 0 Å². The van der Waals surface area contributed by atoms with Gasteiger partial charge in [-0.05, 0) is 19.1 Å². The van der Waals surface area contributed by atoms with Crippen molar-refractivity contribution in [1.29, 1.82) is 0 Å². The Morgan fingerprint density at radius 1 is 1.69 bits per heavy atom. The maximum absolute atomic E-state index is 11.2. The van der Waals surface area contributed by atoms with Crippen LogP contribution in [0.25, 0.3) is 0 Å². The molecule has 0 aromatic rings. The van der Waals surface area contributed by atoms with E-state index < -0.39 is 0 Å². The zero-order valence-corrected chi connectivity index (χ0v) is 7.69. The van der Waals surface area contributed by atoms with Gasteiger partial charge in [-0.3, -0.25) is 4.90 Å². The molecule has 1 fully saturated rings. The van der Waals surface area contributed by atoms with Crippen LogP contribution in [-0.4, -0.2) is 24.1 Å². The predicted octanol–water partition coefficient (Wildman–Crippen LogP) is 2.08. The minimum absolute atomic E-state index is 0.286. The van der Waals surface area contributed by atoms with Crippen LogP contribution >= 0.6 is 0 Å². The Kier molecular flexibility index (Phi) is 3.31. The highest BCUT2D eigenvalue weighted by molar-refractivity contribution is 5.72. The number of cyclic esters (lactones) is 1. The van der Waals surface area contributed by atoms with Crippen molar-refractivity contribution < 1.29 is 9.53 Å². The van der Waals surface area contributed by atoms with E-state index in [9.17, 15) is 4.79 Å². The Hall–Kier alpha value is -1.51. The highest BCUT2D eigenvalue weighted by Gasteiger charge is 2.23. The van der Waals surface area contributed by atoms with E-state index in [0.717, 1.165) is 5.70 Å². The molecule has 1 saturated heterocycles. The maximum Gasteiger partial charge on any atom is 0.414 e. The van der Waals surface area contributed by atoms with Crippen molar-refractivity contribution in [2.45, 2.75) is 6.92 Å². The molecular weight excluding hydrogens is 166 g/mol. The summed E-state index contributed by atoms with van der Waals surface area (Å²) in [5.74, 6) is 0. The summed E-state index contributed by atoms with van der Waals surface area (Å²) in [5.41, 5.74) is 0.819. The van der Waals surface area contributed by atoms with Crippen LogP contribution in [0, 0.1) is 0 Å². The number of amides is 1. The molecule has 1 heterocycles. The molecule has 0 aromatic heterocycles. The third-order valence-corrected chi connectivity index (χ3v) is 1.70. The standard InChI is InChI=1S/C10H13NO2/c1-3-5-9(6-4-2)11-7-8-13-10(11)12/h3-6H,1,7-8H2,2H3/b6-4-,9-5+. The van der Waals surface area contributed by atoms with Gasteiger partial charge >= 0.3 is 6.09 Å². The number of hydrogen-bond donors (Lipinski definition) is 0. The van der Waals surface area contributed by atoms with Crippen LogP contribution in [0.15, 0.2) is 36.6 Å². The first-order chi connectivity index (χ1) is 6.29. The summed E-state index contributed by atoms with van der Waals surface area (Å²) in [4.78, 5) is 12.7. The number of carbonyl (C=O) groups excluding carboxylic acids is 1. The molecule has 0 atom stereocenters. The highest BCUT2D eigenvalue weighted by Crippen LogP contribution is 2.13. The Labute approximate surface area is 78.0 Å². The lowest BCUT2D eigenvalue weighted by atomic mass is 10.3. The molecule has 0 spiro atoms. The van der Waals surface area contributed by atoms with Crippen molar-refractivity contribution in [3.8, 4) is 0 Å². The molecule has 13 heavy (non-hydrogen) atoms. The zero-order valence-electron chi connectivity index (χ0n) is 7.69. The molecule has 0 aliphatic carbocycles. The normalized spacial score (nSPS) is 18.1. The van der Waals surface area contributed by atoms with Gasteiger partial charge in [0.15, 0.2) is 0 Å². The first kappa shape index (κ1) is 9.58. The van der Waals surface area contributed by atoms with Gasteiger partial charge in [0.1, 0.15) is 6.61 Å². The molecule has 3 heteroatoms. The molecule has 0 bridgehead atoms. The Morgan fingerprint density at radius 2 is 2.46 bits per heavy atom. The van der Waals surface area contributed by atoms with E-state index in [1.807, 2.05) is 19.1 Å². The fourth-order valence-corrected chi connectivity index (χ4v) is 1.15. The van der Waals surface area contributed by atoms with Gasteiger partial charge in [-0.2, -0.15) is 0 Å². The average Bonchev–Trinajstić information content (AvgIpc) is 2.51. The van der Waals surface area contributed by atoms with Crippen molar-refractivity contribution >= 4 is 6.09 Å². The molecule has 1 amide bonds. The Bertz CT molecular complexity index is 266. The number of allylic oxidation sites excluding steroid dienone is 4. The first-order valence-electron chi connectivity index (χ1n) is 4.19. The fraction of sp³-hybridized carbons (Fsp3) is 0.300. The van der Waals surface area contributed by atoms with E-state index in [-0.39, 0.29) is 6.09 Å². The molecular formula is C10H13NO2. The molecule has 0 aromatic carbocycles. The second kappa shape index (κ2) is 4.50. The summed E-state index contributed by atoms with van der Waals surface area (Å²) < 4.78 is 4.82. The topological polar surface area (TPSA) is 29.5 Å². The smallest absolute Gasteiger partial charge is 0.414 e. The molecule has 3 nitrogen and oxygen atoms in total. The maximum atomic E-state index is 11.2. The van der Waals surface area contributed by atoms with Crippen LogP contribution in [0.2, 0.25) is 0 Å². The molecule has 1 aliphatic heterocycles. The van der Waals surface area contributed by atoms with Crippen LogP contribution in [0.4, 0.5) is 4.79 Å².